The van der Waals surface area contributed by atoms with Crippen molar-refractivity contribution in [2.45, 2.75) is 37.9 Å². The number of nitrogens with zero attached hydrogens (tertiary/aromatic N) is 1. The largest absolute Gasteiger partial charge is 0.304 e. The molecule has 7 heteroatoms. The topological polar surface area (TPSA) is 42.0 Å². The zero-order chi connectivity index (χ0) is 18.7. The molecule has 0 saturated carbocycles. The Morgan fingerprint density at radius 3 is 2.62 bits per heavy atom. The highest BCUT2D eigenvalue weighted by Crippen LogP contribution is 2.26. The molecule has 0 radical (unpaired) electrons. The fourth-order valence-electron chi connectivity index (χ4n) is 3.01. The van der Waals surface area contributed by atoms with Gasteiger partial charge in [-0.15, -0.1) is 0 Å². The van der Waals surface area contributed by atoms with Crippen LogP contribution in [0.5, 0.6) is 0 Å². The van der Waals surface area contributed by atoms with E-state index in [-0.39, 0.29) is 36.3 Å². The van der Waals surface area contributed by atoms with Crippen molar-refractivity contribution in [3.8, 4) is 11.1 Å². The molecule has 1 fully saturated rings. The molecule has 0 bridgehead atoms. The van der Waals surface area contributed by atoms with Crippen LogP contribution in [0.3, 0.4) is 0 Å². The van der Waals surface area contributed by atoms with E-state index in [1.54, 1.807) is 0 Å². The van der Waals surface area contributed by atoms with Gasteiger partial charge in [0, 0.05) is 36.2 Å². The van der Waals surface area contributed by atoms with E-state index >= 15 is 0 Å². The van der Waals surface area contributed by atoms with Crippen LogP contribution in [0.4, 0.5) is 17.6 Å². The van der Waals surface area contributed by atoms with Gasteiger partial charge >= 0.3 is 0 Å². The molecule has 0 spiro atoms. The minimum absolute atomic E-state index is 0.0980. The highest BCUT2D eigenvalue weighted by atomic mass is 19.3. The fraction of sp³-hybridized carbons (Fsp3) is 0.368. The van der Waals surface area contributed by atoms with Crippen molar-refractivity contribution in [1.82, 2.24) is 10.3 Å². The summed E-state index contributed by atoms with van der Waals surface area (Å²) in [7, 11) is 0. The quantitative estimate of drug-likeness (QED) is 0.785. The number of carbonyl (C=O) groups is 1. The molecule has 138 valence electrons. The van der Waals surface area contributed by atoms with E-state index in [1.165, 1.54) is 30.3 Å². The number of aromatic nitrogens is 1. The Morgan fingerprint density at radius 2 is 2.00 bits per heavy atom. The summed E-state index contributed by atoms with van der Waals surface area (Å²) >= 11 is 0. The molecule has 1 aliphatic rings. The Kier molecular flexibility index (Phi) is 5.66. The minimum atomic E-state index is -2.58. The zero-order valence-electron chi connectivity index (χ0n) is 13.9. The van der Waals surface area contributed by atoms with E-state index in [9.17, 15) is 22.4 Å². The predicted octanol–water partition coefficient (Wildman–Crippen LogP) is 4.03. The minimum Gasteiger partial charge on any atom is -0.304 e. The molecule has 1 aliphatic heterocycles. The van der Waals surface area contributed by atoms with Crippen LogP contribution in [-0.2, 0) is 11.2 Å². The molecule has 1 aromatic heterocycles. The molecule has 3 nitrogen and oxygen atoms in total. The van der Waals surface area contributed by atoms with Crippen LogP contribution in [0.25, 0.3) is 11.1 Å². The summed E-state index contributed by atoms with van der Waals surface area (Å²) in [5.74, 6) is -0.665. The SMILES string of the molecule is O=C(CCc1cc(-c2ccc(C(F)F)cc2)c(F)cn1)[C@@H]1C[C@@H](F)CN1. The summed E-state index contributed by atoms with van der Waals surface area (Å²) in [5.41, 5.74) is 1.08. The average Bonchev–Trinajstić information content (AvgIpc) is 3.07. The maximum absolute atomic E-state index is 14.1. The van der Waals surface area contributed by atoms with Gasteiger partial charge in [-0.3, -0.25) is 9.78 Å². The lowest BCUT2D eigenvalue weighted by atomic mass is 10.0. The first-order valence-electron chi connectivity index (χ1n) is 8.37. The van der Waals surface area contributed by atoms with Crippen LogP contribution in [0, 0.1) is 5.82 Å². The van der Waals surface area contributed by atoms with Crippen LogP contribution >= 0.6 is 0 Å². The Bertz CT molecular complexity index is 780. The summed E-state index contributed by atoms with van der Waals surface area (Å²) in [6.45, 7) is 0.184. The highest BCUT2D eigenvalue weighted by molar-refractivity contribution is 5.84. The van der Waals surface area contributed by atoms with E-state index < -0.39 is 24.5 Å². The van der Waals surface area contributed by atoms with Crippen molar-refractivity contribution in [2.75, 3.05) is 6.54 Å². The first kappa shape index (κ1) is 18.5. The predicted molar refractivity (Wildman–Crippen MR) is 89.2 cm³/mol. The Morgan fingerprint density at radius 1 is 1.27 bits per heavy atom. The van der Waals surface area contributed by atoms with Gasteiger partial charge in [-0.1, -0.05) is 24.3 Å². The van der Waals surface area contributed by atoms with Crippen molar-refractivity contribution in [3.05, 3.63) is 53.6 Å². The maximum Gasteiger partial charge on any atom is 0.263 e. The second kappa shape index (κ2) is 7.95. The van der Waals surface area contributed by atoms with Gasteiger partial charge < -0.3 is 5.32 Å². The lowest BCUT2D eigenvalue weighted by Crippen LogP contribution is -2.30. The first-order valence-corrected chi connectivity index (χ1v) is 8.37. The number of hydrogen-bond acceptors (Lipinski definition) is 3. The maximum atomic E-state index is 14.1. The average molecular weight is 366 g/mol. The van der Waals surface area contributed by atoms with Crippen molar-refractivity contribution >= 4 is 5.78 Å². The molecule has 3 rings (SSSR count). The summed E-state index contributed by atoms with van der Waals surface area (Å²) in [6.07, 6.45) is -1.88. The van der Waals surface area contributed by atoms with Crippen LogP contribution in [0.15, 0.2) is 36.5 Å². The van der Waals surface area contributed by atoms with Crippen molar-refractivity contribution < 1.29 is 22.4 Å². The molecular formula is C19H18F4N2O. The number of nitrogens with one attached hydrogen (secondary N) is 1. The third-order valence-corrected chi connectivity index (χ3v) is 4.48. The number of aryl methyl sites for hydroxylation is 1. The fourth-order valence-corrected chi connectivity index (χ4v) is 3.01. The normalized spacial score (nSPS) is 19.9. The Hall–Kier alpha value is -2.28. The van der Waals surface area contributed by atoms with Gasteiger partial charge in [-0.2, -0.15) is 0 Å². The van der Waals surface area contributed by atoms with Crippen molar-refractivity contribution in [2.24, 2.45) is 0 Å². The molecule has 26 heavy (non-hydrogen) atoms. The Labute approximate surface area is 148 Å². The number of alkyl halides is 3. The van der Waals surface area contributed by atoms with E-state index in [0.717, 1.165) is 6.20 Å². The highest BCUT2D eigenvalue weighted by Gasteiger charge is 2.28. The molecule has 0 aliphatic carbocycles. The van der Waals surface area contributed by atoms with Gasteiger partial charge in [0.25, 0.3) is 6.43 Å². The lowest BCUT2D eigenvalue weighted by molar-refractivity contribution is -0.120. The first-order chi connectivity index (χ1) is 12.4. The number of hydrogen-bond donors (Lipinski definition) is 1. The van der Waals surface area contributed by atoms with Gasteiger partial charge in [0.1, 0.15) is 17.8 Å². The lowest BCUT2D eigenvalue weighted by Gasteiger charge is -2.10. The molecule has 0 unspecified atom stereocenters. The van der Waals surface area contributed by atoms with Gasteiger partial charge in [-0.05, 0) is 18.1 Å². The molecule has 1 N–H and O–H groups in total. The van der Waals surface area contributed by atoms with E-state index in [0.29, 0.717) is 17.7 Å². The summed E-state index contributed by atoms with van der Waals surface area (Å²) in [6, 6.07) is 6.40. The summed E-state index contributed by atoms with van der Waals surface area (Å²) in [5, 5.41) is 2.84. The van der Waals surface area contributed by atoms with Gasteiger partial charge in [0.05, 0.1) is 12.2 Å². The van der Waals surface area contributed by atoms with Crippen LogP contribution < -0.4 is 5.32 Å². The number of carbonyl (C=O) groups excluding carboxylic acids is 1. The number of halogens is 4. The second-order valence-electron chi connectivity index (χ2n) is 6.34. The van der Waals surface area contributed by atoms with Crippen LogP contribution in [0.2, 0.25) is 0 Å². The Balaban J connectivity index is 1.70. The molecule has 1 aromatic carbocycles. The van der Waals surface area contributed by atoms with Gasteiger partial charge in [0.2, 0.25) is 0 Å². The zero-order valence-corrected chi connectivity index (χ0v) is 13.9. The third-order valence-electron chi connectivity index (χ3n) is 4.48. The van der Waals surface area contributed by atoms with E-state index in [4.69, 9.17) is 0 Å². The number of pyridine rings is 1. The number of ketones is 1. The van der Waals surface area contributed by atoms with Gasteiger partial charge in [0.15, 0.2) is 0 Å². The summed E-state index contributed by atoms with van der Waals surface area (Å²) < 4.78 is 52.5. The molecule has 2 atom stereocenters. The number of Topliss-reactive ketones (excluding diaryl/α,β-unsaturated/α-hetero) is 1. The van der Waals surface area contributed by atoms with Crippen molar-refractivity contribution in [1.29, 1.82) is 0 Å². The number of rotatable bonds is 6. The molecule has 0 amide bonds. The second-order valence-corrected chi connectivity index (χ2v) is 6.34. The molecule has 2 heterocycles. The van der Waals surface area contributed by atoms with E-state index in [1.807, 2.05) is 0 Å². The molecule has 2 aromatic rings. The van der Waals surface area contributed by atoms with Crippen LogP contribution in [0.1, 0.15) is 30.5 Å². The molecule has 1 saturated heterocycles. The van der Waals surface area contributed by atoms with Crippen molar-refractivity contribution in [3.63, 3.8) is 0 Å². The monoisotopic (exact) mass is 366 g/mol. The molecular weight excluding hydrogens is 348 g/mol. The van der Waals surface area contributed by atoms with Crippen LogP contribution in [-0.4, -0.2) is 29.5 Å². The van der Waals surface area contributed by atoms with E-state index in [2.05, 4.69) is 10.3 Å². The smallest absolute Gasteiger partial charge is 0.263 e. The number of benzene rings is 1. The third kappa shape index (κ3) is 4.27. The standard InChI is InChI=1S/C19H18F4N2O/c20-13-7-17(25-9-13)18(26)6-5-14-8-15(16(21)10-24-14)11-1-3-12(4-2-11)19(22)23/h1-4,8,10,13,17,19,25H,5-7,9H2/t13-,17+/m1/s1. The summed E-state index contributed by atoms with van der Waals surface area (Å²) in [4.78, 5) is 16.1. The van der Waals surface area contributed by atoms with Gasteiger partial charge in [-0.25, -0.2) is 17.6 Å².